The number of anilines is 1. The molecule has 1 aromatic rings. The molecule has 0 aliphatic heterocycles. The molecule has 4 heteroatoms. The lowest BCUT2D eigenvalue weighted by Gasteiger charge is -2.10. The summed E-state index contributed by atoms with van der Waals surface area (Å²) in [5.41, 5.74) is 1.97. The predicted molar refractivity (Wildman–Crippen MR) is 77.0 cm³/mol. The van der Waals surface area contributed by atoms with Crippen LogP contribution in [0.4, 0.5) is 5.69 Å². The van der Waals surface area contributed by atoms with E-state index in [2.05, 4.69) is 24.5 Å². The maximum Gasteiger partial charge on any atom is 0.243 e. The number of hydrogen-bond donors (Lipinski definition) is 2. The second-order valence-electron chi connectivity index (χ2n) is 5.20. The summed E-state index contributed by atoms with van der Waals surface area (Å²) in [6, 6.07) is 7.73. The van der Waals surface area contributed by atoms with Crippen LogP contribution in [-0.2, 0) is 9.59 Å². The Labute approximate surface area is 114 Å². The maximum absolute atomic E-state index is 11.6. The SMILES string of the molecule is CC(C)C(=O)NCC(=O)Nc1ccc(C(C)C)cc1. The molecular weight excluding hydrogens is 240 g/mol. The highest BCUT2D eigenvalue weighted by molar-refractivity contribution is 5.94. The van der Waals surface area contributed by atoms with Gasteiger partial charge in [-0.25, -0.2) is 0 Å². The van der Waals surface area contributed by atoms with E-state index in [1.807, 2.05) is 24.3 Å². The van der Waals surface area contributed by atoms with E-state index < -0.39 is 0 Å². The molecule has 0 aromatic heterocycles. The molecule has 0 atom stereocenters. The maximum atomic E-state index is 11.6. The molecule has 0 aliphatic rings. The summed E-state index contributed by atoms with van der Waals surface area (Å²) < 4.78 is 0. The topological polar surface area (TPSA) is 58.2 Å². The van der Waals surface area contributed by atoms with Gasteiger partial charge in [0.2, 0.25) is 11.8 Å². The third-order valence-electron chi connectivity index (χ3n) is 2.81. The Kier molecular flexibility index (Phi) is 5.55. The number of amides is 2. The summed E-state index contributed by atoms with van der Waals surface area (Å²) in [5, 5.41) is 5.33. The minimum Gasteiger partial charge on any atom is -0.347 e. The predicted octanol–water partition coefficient (Wildman–Crippen LogP) is 2.52. The number of rotatable bonds is 5. The van der Waals surface area contributed by atoms with Gasteiger partial charge in [-0.1, -0.05) is 39.8 Å². The van der Waals surface area contributed by atoms with Gasteiger partial charge in [0.15, 0.2) is 0 Å². The van der Waals surface area contributed by atoms with Crippen molar-refractivity contribution in [3.63, 3.8) is 0 Å². The van der Waals surface area contributed by atoms with Crippen LogP contribution < -0.4 is 10.6 Å². The van der Waals surface area contributed by atoms with Crippen molar-refractivity contribution in [3.8, 4) is 0 Å². The van der Waals surface area contributed by atoms with E-state index in [4.69, 9.17) is 0 Å². The molecule has 2 N–H and O–H groups in total. The van der Waals surface area contributed by atoms with Crippen molar-refractivity contribution in [2.24, 2.45) is 5.92 Å². The molecule has 4 nitrogen and oxygen atoms in total. The zero-order valence-electron chi connectivity index (χ0n) is 12.0. The summed E-state index contributed by atoms with van der Waals surface area (Å²) in [6.07, 6.45) is 0. The lowest BCUT2D eigenvalue weighted by molar-refractivity contribution is -0.126. The fourth-order valence-electron chi connectivity index (χ4n) is 1.53. The fraction of sp³-hybridized carbons (Fsp3) is 0.467. The van der Waals surface area contributed by atoms with Crippen LogP contribution in [0.5, 0.6) is 0 Å². The van der Waals surface area contributed by atoms with Crippen molar-refractivity contribution in [3.05, 3.63) is 29.8 Å². The quantitative estimate of drug-likeness (QED) is 0.856. The molecular formula is C15H22N2O2. The van der Waals surface area contributed by atoms with Gasteiger partial charge >= 0.3 is 0 Å². The van der Waals surface area contributed by atoms with E-state index >= 15 is 0 Å². The normalized spacial score (nSPS) is 10.6. The van der Waals surface area contributed by atoms with Crippen molar-refractivity contribution in [1.82, 2.24) is 5.32 Å². The Morgan fingerprint density at radius 1 is 1.05 bits per heavy atom. The van der Waals surface area contributed by atoms with Crippen molar-refractivity contribution < 1.29 is 9.59 Å². The van der Waals surface area contributed by atoms with Gasteiger partial charge in [-0.05, 0) is 23.6 Å². The van der Waals surface area contributed by atoms with Crippen LogP contribution in [0.25, 0.3) is 0 Å². The molecule has 19 heavy (non-hydrogen) atoms. The third kappa shape index (κ3) is 5.12. The number of nitrogens with one attached hydrogen (secondary N) is 2. The van der Waals surface area contributed by atoms with Crippen LogP contribution in [0.1, 0.15) is 39.2 Å². The zero-order chi connectivity index (χ0) is 14.4. The van der Waals surface area contributed by atoms with E-state index in [9.17, 15) is 9.59 Å². The van der Waals surface area contributed by atoms with Crippen LogP contribution in [-0.4, -0.2) is 18.4 Å². The Hall–Kier alpha value is -1.84. The molecule has 0 spiro atoms. The lowest BCUT2D eigenvalue weighted by atomic mass is 10.0. The summed E-state index contributed by atoms with van der Waals surface area (Å²) >= 11 is 0. The van der Waals surface area contributed by atoms with Gasteiger partial charge in [0.05, 0.1) is 6.54 Å². The summed E-state index contributed by atoms with van der Waals surface area (Å²) in [6.45, 7) is 7.82. The van der Waals surface area contributed by atoms with Gasteiger partial charge in [-0.15, -0.1) is 0 Å². The molecule has 0 unspecified atom stereocenters. The van der Waals surface area contributed by atoms with Gasteiger partial charge in [-0.3, -0.25) is 9.59 Å². The van der Waals surface area contributed by atoms with E-state index in [1.54, 1.807) is 13.8 Å². The molecule has 0 saturated carbocycles. The monoisotopic (exact) mass is 262 g/mol. The van der Waals surface area contributed by atoms with E-state index in [0.29, 0.717) is 5.92 Å². The van der Waals surface area contributed by atoms with Crippen LogP contribution in [0.15, 0.2) is 24.3 Å². The van der Waals surface area contributed by atoms with E-state index in [-0.39, 0.29) is 24.3 Å². The van der Waals surface area contributed by atoms with Crippen LogP contribution in [0.3, 0.4) is 0 Å². The average molecular weight is 262 g/mol. The van der Waals surface area contributed by atoms with Crippen molar-refractivity contribution in [2.75, 3.05) is 11.9 Å². The number of benzene rings is 1. The molecule has 1 rings (SSSR count). The van der Waals surface area contributed by atoms with E-state index in [1.165, 1.54) is 5.56 Å². The fourth-order valence-corrected chi connectivity index (χ4v) is 1.53. The standard InChI is InChI=1S/C15H22N2O2/c1-10(2)12-5-7-13(8-6-12)17-14(18)9-16-15(19)11(3)4/h5-8,10-11H,9H2,1-4H3,(H,16,19)(H,17,18). The lowest BCUT2D eigenvalue weighted by Crippen LogP contribution is -2.35. The molecule has 0 fully saturated rings. The highest BCUT2D eigenvalue weighted by Gasteiger charge is 2.09. The molecule has 0 aliphatic carbocycles. The smallest absolute Gasteiger partial charge is 0.243 e. The first-order valence-electron chi connectivity index (χ1n) is 6.57. The van der Waals surface area contributed by atoms with Gasteiger partial charge < -0.3 is 10.6 Å². The summed E-state index contributed by atoms with van der Waals surface area (Å²) in [7, 11) is 0. The van der Waals surface area contributed by atoms with Crippen molar-refractivity contribution in [1.29, 1.82) is 0 Å². The minimum absolute atomic E-state index is 0.00292. The Bertz CT molecular complexity index is 436. The molecule has 0 radical (unpaired) electrons. The first-order chi connectivity index (χ1) is 8.90. The second-order valence-corrected chi connectivity index (χ2v) is 5.20. The third-order valence-corrected chi connectivity index (χ3v) is 2.81. The van der Waals surface area contributed by atoms with Gasteiger partial charge in [0.25, 0.3) is 0 Å². The Morgan fingerprint density at radius 2 is 1.63 bits per heavy atom. The number of hydrogen-bond acceptors (Lipinski definition) is 2. The summed E-state index contributed by atoms with van der Waals surface area (Å²) in [5.74, 6) is 0.0183. The highest BCUT2D eigenvalue weighted by Crippen LogP contribution is 2.16. The number of carbonyl (C=O) groups excluding carboxylic acids is 2. The Morgan fingerprint density at radius 3 is 2.11 bits per heavy atom. The first kappa shape index (κ1) is 15.2. The van der Waals surface area contributed by atoms with Crippen LogP contribution in [0.2, 0.25) is 0 Å². The van der Waals surface area contributed by atoms with Gasteiger partial charge in [-0.2, -0.15) is 0 Å². The molecule has 1 aromatic carbocycles. The molecule has 0 saturated heterocycles. The van der Waals surface area contributed by atoms with Gasteiger partial charge in [0.1, 0.15) is 0 Å². The molecule has 0 bridgehead atoms. The first-order valence-corrected chi connectivity index (χ1v) is 6.57. The average Bonchev–Trinajstić information content (AvgIpc) is 2.36. The molecule has 0 heterocycles. The Balaban J connectivity index is 2.46. The van der Waals surface area contributed by atoms with Crippen LogP contribution >= 0.6 is 0 Å². The van der Waals surface area contributed by atoms with Crippen LogP contribution in [0, 0.1) is 5.92 Å². The largest absolute Gasteiger partial charge is 0.347 e. The van der Waals surface area contributed by atoms with Crippen molar-refractivity contribution in [2.45, 2.75) is 33.6 Å². The molecule has 2 amide bonds. The summed E-state index contributed by atoms with van der Waals surface area (Å²) in [4.78, 5) is 23.0. The van der Waals surface area contributed by atoms with E-state index in [0.717, 1.165) is 5.69 Å². The number of carbonyl (C=O) groups is 2. The minimum atomic E-state index is -0.216. The van der Waals surface area contributed by atoms with Gasteiger partial charge in [0, 0.05) is 11.6 Å². The van der Waals surface area contributed by atoms with Crippen molar-refractivity contribution >= 4 is 17.5 Å². The highest BCUT2D eigenvalue weighted by atomic mass is 16.2. The second kappa shape index (κ2) is 6.92. The molecule has 104 valence electrons. The zero-order valence-corrected chi connectivity index (χ0v) is 12.0.